The van der Waals surface area contributed by atoms with Crippen molar-refractivity contribution in [1.82, 2.24) is 5.32 Å². The number of benzene rings is 1. The zero-order valence-electron chi connectivity index (χ0n) is 10.3. The second-order valence-corrected chi connectivity index (χ2v) is 4.45. The summed E-state index contributed by atoms with van der Waals surface area (Å²) < 4.78 is 5.64. The highest BCUT2D eigenvalue weighted by Gasteiger charge is 2.07. The van der Waals surface area contributed by atoms with Crippen LogP contribution in [0.5, 0.6) is 5.75 Å². The largest absolute Gasteiger partial charge is 0.494 e. The van der Waals surface area contributed by atoms with Crippen molar-refractivity contribution in [3.63, 3.8) is 0 Å². The number of rotatable bonds is 6. The maximum atomic E-state index is 5.64. The molecule has 0 fully saturated rings. The molecular weight excluding hydrogens is 210 g/mol. The van der Waals surface area contributed by atoms with Gasteiger partial charge in [-0.15, -0.1) is 0 Å². The predicted octanol–water partition coefficient (Wildman–Crippen LogP) is 3.15. The third-order valence-corrected chi connectivity index (χ3v) is 3.04. The van der Waals surface area contributed by atoms with Crippen molar-refractivity contribution < 1.29 is 4.74 Å². The standard InChI is InChI=1S/C15H21NO/c1-3-8-14(9-4-1)16-12-7-13-17-15-10-5-2-6-11-15/h1-3,5-6,10-11,14,16H,4,7-9,12-13H2. The van der Waals surface area contributed by atoms with E-state index in [1.54, 1.807) is 0 Å². The van der Waals surface area contributed by atoms with Crippen molar-refractivity contribution in [3.8, 4) is 5.75 Å². The Hall–Kier alpha value is -1.28. The number of ether oxygens (including phenoxy) is 1. The lowest BCUT2D eigenvalue weighted by Gasteiger charge is -2.19. The van der Waals surface area contributed by atoms with E-state index in [1.165, 1.54) is 19.3 Å². The minimum Gasteiger partial charge on any atom is -0.494 e. The normalized spacial score (nSPS) is 19.2. The van der Waals surface area contributed by atoms with Crippen molar-refractivity contribution in [2.45, 2.75) is 31.7 Å². The second-order valence-electron chi connectivity index (χ2n) is 4.45. The van der Waals surface area contributed by atoms with Gasteiger partial charge in [-0.1, -0.05) is 30.4 Å². The lowest BCUT2D eigenvalue weighted by atomic mass is 10.0. The van der Waals surface area contributed by atoms with Crippen molar-refractivity contribution in [1.29, 1.82) is 0 Å². The molecular formula is C15H21NO. The fourth-order valence-electron chi connectivity index (χ4n) is 2.06. The molecule has 1 aromatic rings. The highest BCUT2D eigenvalue weighted by Crippen LogP contribution is 2.10. The van der Waals surface area contributed by atoms with Crippen molar-refractivity contribution >= 4 is 0 Å². The SMILES string of the molecule is C1=CCC(NCCCOc2ccccc2)CC1. The predicted molar refractivity (Wildman–Crippen MR) is 71.3 cm³/mol. The zero-order valence-corrected chi connectivity index (χ0v) is 10.3. The van der Waals surface area contributed by atoms with Crippen molar-refractivity contribution in [2.75, 3.05) is 13.2 Å². The van der Waals surface area contributed by atoms with Crippen LogP contribution >= 0.6 is 0 Å². The van der Waals surface area contributed by atoms with Crippen LogP contribution in [0.4, 0.5) is 0 Å². The van der Waals surface area contributed by atoms with Crippen LogP contribution in [0, 0.1) is 0 Å². The first-order chi connectivity index (χ1) is 8.45. The topological polar surface area (TPSA) is 21.3 Å². The van der Waals surface area contributed by atoms with Gasteiger partial charge in [0.15, 0.2) is 0 Å². The number of hydrogen-bond donors (Lipinski definition) is 1. The molecule has 2 nitrogen and oxygen atoms in total. The van der Waals surface area contributed by atoms with E-state index < -0.39 is 0 Å². The Morgan fingerprint density at radius 2 is 2.06 bits per heavy atom. The molecule has 92 valence electrons. The maximum absolute atomic E-state index is 5.64. The van der Waals surface area contributed by atoms with Gasteiger partial charge in [0.05, 0.1) is 6.61 Å². The van der Waals surface area contributed by atoms with Crippen LogP contribution in [0.25, 0.3) is 0 Å². The first-order valence-electron chi connectivity index (χ1n) is 6.51. The summed E-state index contributed by atoms with van der Waals surface area (Å²) >= 11 is 0. The average molecular weight is 231 g/mol. The maximum Gasteiger partial charge on any atom is 0.119 e. The third-order valence-electron chi connectivity index (χ3n) is 3.04. The van der Waals surface area contributed by atoms with Gasteiger partial charge in [0.1, 0.15) is 5.75 Å². The molecule has 0 saturated heterocycles. The van der Waals surface area contributed by atoms with E-state index in [9.17, 15) is 0 Å². The summed E-state index contributed by atoms with van der Waals surface area (Å²) in [5.41, 5.74) is 0. The van der Waals surface area contributed by atoms with E-state index in [0.29, 0.717) is 6.04 Å². The molecule has 0 amide bonds. The van der Waals surface area contributed by atoms with E-state index in [1.807, 2.05) is 30.3 Å². The third kappa shape index (κ3) is 4.61. The Morgan fingerprint density at radius 1 is 1.18 bits per heavy atom. The van der Waals surface area contributed by atoms with Crippen molar-refractivity contribution in [3.05, 3.63) is 42.5 Å². The van der Waals surface area contributed by atoms with Gasteiger partial charge in [0.2, 0.25) is 0 Å². The van der Waals surface area contributed by atoms with Gasteiger partial charge in [-0.3, -0.25) is 0 Å². The molecule has 17 heavy (non-hydrogen) atoms. The molecule has 1 unspecified atom stereocenters. The fourth-order valence-corrected chi connectivity index (χ4v) is 2.06. The number of para-hydroxylation sites is 1. The van der Waals surface area contributed by atoms with Gasteiger partial charge in [-0.25, -0.2) is 0 Å². The fraction of sp³-hybridized carbons (Fsp3) is 0.467. The monoisotopic (exact) mass is 231 g/mol. The summed E-state index contributed by atoms with van der Waals surface area (Å²) in [4.78, 5) is 0. The van der Waals surface area contributed by atoms with Crippen LogP contribution in [-0.4, -0.2) is 19.2 Å². The Kier molecular flexibility index (Phi) is 5.11. The lowest BCUT2D eigenvalue weighted by Crippen LogP contribution is -2.31. The van der Waals surface area contributed by atoms with Crippen LogP contribution in [0.3, 0.4) is 0 Å². The van der Waals surface area contributed by atoms with Gasteiger partial charge < -0.3 is 10.1 Å². The number of hydrogen-bond acceptors (Lipinski definition) is 2. The summed E-state index contributed by atoms with van der Waals surface area (Å²) in [5, 5.41) is 3.58. The molecule has 0 bridgehead atoms. The summed E-state index contributed by atoms with van der Waals surface area (Å²) in [6.07, 6.45) is 9.29. The number of allylic oxidation sites excluding steroid dienone is 1. The van der Waals surface area contributed by atoms with E-state index in [-0.39, 0.29) is 0 Å². The zero-order chi connectivity index (χ0) is 11.8. The van der Waals surface area contributed by atoms with E-state index in [4.69, 9.17) is 4.74 Å². The molecule has 1 aliphatic rings. The molecule has 0 radical (unpaired) electrons. The summed E-state index contributed by atoms with van der Waals surface area (Å²) in [6, 6.07) is 10.7. The smallest absolute Gasteiger partial charge is 0.119 e. The molecule has 2 rings (SSSR count). The first-order valence-corrected chi connectivity index (χ1v) is 6.51. The van der Waals surface area contributed by atoms with E-state index in [0.717, 1.165) is 25.3 Å². The Morgan fingerprint density at radius 3 is 2.82 bits per heavy atom. The van der Waals surface area contributed by atoms with Gasteiger partial charge >= 0.3 is 0 Å². The van der Waals surface area contributed by atoms with Crippen molar-refractivity contribution in [2.24, 2.45) is 0 Å². The quantitative estimate of drug-likeness (QED) is 0.600. The highest BCUT2D eigenvalue weighted by atomic mass is 16.5. The lowest BCUT2D eigenvalue weighted by molar-refractivity contribution is 0.303. The Bertz CT molecular complexity index is 334. The average Bonchev–Trinajstić information content (AvgIpc) is 2.41. The van der Waals surface area contributed by atoms with Crippen LogP contribution in [0.1, 0.15) is 25.7 Å². The molecule has 1 N–H and O–H groups in total. The van der Waals surface area contributed by atoms with Crippen LogP contribution in [0.2, 0.25) is 0 Å². The second kappa shape index (κ2) is 7.13. The number of nitrogens with one attached hydrogen (secondary N) is 1. The molecule has 2 heteroatoms. The highest BCUT2D eigenvalue weighted by molar-refractivity contribution is 5.20. The van der Waals surface area contributed by atoms with Gasteiger partial charge in [0.25, 0.3) is 0 Å². The molecule has 0 aromatic heterocycles. The van der Waals surface area contributed by atoms with Crippen LogP contribution in [-0.2, 0) is 0 Å². The summed E-state index contributed by atoms with van der Waals surface area (Å²) in [7, 11) is 0. The summed E-state index contributed by atoms with van der Waals surface area (Å²) in [6.45, 7) is 1.84. The molecule has 1 atom stereocenters. The minimum absolute atomic E-state index is 0.678. The first kappa shape index (κ1) is 12.2. The Labute approximate surface area is 104 Å². The molecule has 1 aliphatic carbocycles. The van der Waals surface area contributed by atoms with E-state index in [2.05, 4.69) is 17.5 Å². The van der Waals surface area contributed by atoms with E-state index >= 15 is 0 Å². The van der Waals surface area contributed by atoms with Crippen LogP contribution in [0.15, 0.2) is 42.5 Å². The van der Waals surface area contributed by atoms with Gasteiger partial charge in [-0.2, -0.15) is 0 Å². The minimum atomic E-state index is 0.678. The summed E-state index contributed by atoms with van der Waals surface area (Å²) in [5.74, 6) is 0.966. The molecule has 0 spiro atoms. The molecule has 1 aromatic carbocycles. The van der Waals surface area contributed by atoms with Gasteiger partial charge in [-0.05, 0) is 44.4 Å². The molecule has 0 aliphatic heterocycles. The van der Waals surface area contributed by atoms with Gasteiger partial charge in [0, 0.05) is 6.04 Å². The van der Waals surface area contributed by atoms with Crippen LogP contribution < -0.4 is 10.1 Å². The molecule has 0 saturated carbocycles. The molecule has 0 heterocycles. The Balaban J connectivity index is 1.53.